The van der Waals surface area contributed by atoms with Gasteiger partial charge in [0.1, 0.15) is 12.4 Å². The van der Waals surface area contributed by atoms with E-state index in [1.807, 2.05) is 0 Å². The van der Waals surface area contributed by atoms with E-state index in [2.05, 4.69) is 0 Å². The minimum atomic E-state index is -0.605. The molecule has 0 spiro atoms. The van der Waals surface area contributed by atoms with Gasteiger partial charge in [0.2, 0.25) is 0 Å². The van der Waals surface area contributed by atoms with E-state index >= 15 is 0 Å². The van der Waals surface area contributed by atoms with E-state index in [1.165, 1.54) is 17.0 Å². The zero-order valence-corrected chi connectivity index (χ0v) is 9.83. The van der Waals surface area contributed by atoms with Crippen LogP contribution < -0.4 is 4.90 Å². The lowest BCUT2D eigenvalue weighted by molar-refractivity contribution is -0.121. The molecule has 0 aliphatic rings. The zero-order valence-electron chi connectivity index (χ0n) is 9.08. The number of rotatable bonds is 3. The van der Waals surface area contributed by atoms with E-state index in [0.717, 1.165) is 6.07 Å². The molecule has 0 fully saturated rings. The number of aliphatic hydroxyl groups is 1. The van der Waals surface area contributed by atoms with Gasteiger partial charge in [0.25, 0.3) is 5.91 Å². The molecule has 0 aromatic heterocycles. The van der Waals surface area contributed by atoms with E-state index in [4.69, 9.17) is 16.7 Å². The standard InChI is InChI=1S/C11H13ClFNO2/c1-7(2)14(11(16)6-15)10-4-3-8(13)5-9(10)12/h3-5,7,15H,6H2,1-2H3. The summed E-state index contributed by atoms with van der Waals surface area (Å²) in [5.41, 5.74) is 0.400. The predicted molar refractivity (Wildman–Crippen MR) is 61.1 cm³/mol. The summed E-state index contributed by atoms with van der Waals surface area (Å²) in [5.74, 6) is -0.933. The minimum absolute atomic E-state index is 0.149. The summed E-state index contributed by atoms with van der Waals surface area (Å²) in [6.07, 6.45) is 0. The molecular formula is C11H13ClFNO2. The quantitative estimate of drug-likeness (QED) is 0.887. The number of hydrogen-bond donors (Lipinski definition) is 1. The summed E-state index contributed by atoms with van der Waals surface area (Å²) in [6.45, 7) is 2.96. The van der Waals surface area contributed by atoms with Gasteiger partial charge >= 0.3 is 0 Å². The monoisotopic (exact) mass is 245 g/mol. The Morgan fingerprint density at radius 3 is 2.62 bits per heavy atom. The summed E-state index contributed by atoms with van der Waals surface area (Å²) < 4.78 is 12.9. The van der Waals surface area contributed by atoms with Crippen molar-refractivity contribution in [3.8, 4) is 0 Å². The predicted octanol–water partition coefficient (Wildman–Crippen LogP) is 2.21. The normalized spacial score (nSPS) is 10.6. The van der Waals surface area contributed by atoms with Crippen molar-refractivity contribution in [3.63, 3.8) is 0 Å². The number of carbonyl (C=O) groups is 1. The fourth-order valence-corrected chi connectivity index (χ4v) is 1.71. The Morgan fingerprint density at radius 2 is 2.19 bits per heavy atom. The molecule has 1 amide bonds. The van der Waals surface area contributed by atoms with Gasteiger partial charge in [-0.15, -0.1) is 0 Å². The first-order valence-electron chi connectivity index (χ1n) is 4.85. The second kappa shape index (κ2) is 5.27. The SMILES string of the molecule is CC(C)N(C(=O)CO)c1ccc(F)cc1Cl. The van der Waals surface area contributed by atoms with Crippen LogP contribution in [0, 0.1) is 5.82 Å². The molecule has 0 atom stereocenters. The summed E-state index contributed by atoms with van der Waals surface area (Å²) in [5, 5.41) is 9.00. The van der Waals surface area contributed by atoms with Gasteiger partial charge in [-0.3, -0.25) is 4.79 Å². The second-order valence-electron chi connectivity index (χ2n) is 3.61. The summed E-state index contributed by atoms with van der Waals surface area (Å²) >= 11 is 5.85. The van der Waals surface area contributed by atoms with Crippen LogP contribution in [0.2, 0.25) is 5.02 Å². The van der Waals surface area contributed by atoms with Gasteiger partial charge in [0, 0.05) is 6.04 Å². The van der Waals surface area contributed by atoms with Crippen LogP contribution in [0.3, 0.4) is 0 Å². The molecule has 0 heterocycles. The van der Waals surface area contributed by atoms with Crippen LogP contribution in [0.5, 0.6) is 0 Å². The van der Waals surface area contributed by atoms with Crippen LogP contribution in [0.1, 0.15) is 13.8 Å². The summed E-state index contributed by atoms with van der Waals surface area (Å²) in [4.78, 5) is 12.8. The highest BCUT2D eigenvalue weighted by molar-refractivity contribution is 6.33. The van der Waals surface area contributed by atoms with Crippen LogP contribution in [-0.4, -0.2) is 23.7 Å². The van der Waals surface area contributed by atoms with Crippen molar-refractivity contribution in [2.75, 3.05) is 11.5 Å². The number of nitrogens with zero attached hydrogens (tertiary/aromatic N) is 1. The van der Waals surface area contributed by atoms with Crippen molar-refractivity contribution in [1.29, 1.82) is 0 Å². The summed E-state index contributed by atoms with van der Waals surface area (Å²) in [7, 11) is 0. The average molecular weight is 246 g/mol. The lowest BCUT2D eigenvalue weighted by atomic mass is 10.2. The molecule has 0 saturated carbocycles. The van der Waals surface area contributed by atoms with Crippen molar-refractivity contribution < 1.29 is 14.3 Å². The molecule has 0 radical (unpaired) electrons. The molecule has 3 nitrogen and oxygen atoms in total. The van der Waals surface area contributed by atoms with Crippen molar-refractivity contribution in [1.82, 2.24) is 0 Å². The number of amides is 1. The fourth-order valence-electron chi connectivity index (χ4n) is 1.45. The largest absolute Gasteiger partial charge is 0.387 e. The molecule has 1 rings (SSSR count). The molecule has 0 saturated heterocycles. The minimum Gasteiger partial charge on any atom is -0.387 e. The van der Waals surface area contributed by atoms with Crippen LogP contribution in [0.15, 0.2) is 18.2 Å². The Bertz CT molecular complexity index is 396. The van der Waals surface area contributed by atoms with Crippen molar-refractivity contribution in [3.05, 3.63) is 29.0 Å². The van der Waals surface area contributed by atoms with Crippen molar-refractivity contribution in [2.45, 2.75) is 19.9 Å². The number of carbonyl (C=O) groups excluding carboxylic acids is 1. The molecule has 88 valence electrons. The number of halogens is 2. The molecule has 16 heavy (non-hydrogen) atoms. The maximum absolute atomic E-state index is 12.9. The first-order valence-corrected chi connectivity index (χ1v) is 5.23. The van der Waals surface area contributed by atoms with E-state index in [-0.39, 0.29) is 11.1 Å². The van der Waals surface area contributed by atoms with Gasteiger partial charge in [0.15, 0.2) is 0 Å². The first-order chi connectivity index (χ1) is 7.47. The number of anilines is 1. The fraction of sp³-hybridized carbons (Fsp3) is 0.364. The smallest absolute Gasteiger partial charge is 0.252 e. The third kappa shape index (κ3) is 2.71. The molecule has 1 N–H and O–H groups in total. The van der Waals surface area contributed by atoms with Gasteiger partial charge < -0.3 is 10.0 Å². The Morgan fingerprint density at radius 1 is 1.56 bits per heavy atom. The second-order valence-corrected chi connectivity index (χ2v) is 4.02. The highest BCUT2D eigenvalue weighted by Crippen LogP contribution is 2.28. The lowest BCUT2D eigenvalue weighted by Gasteiger charge is -2.27. The van der Waals surface area contributed by atoms with Gasteiger partial charge in [-0.25, -0.2) is 4.39 Å². The Labute approximate surface area is 98.4 Å². The zero-order chi connectivity index (χ0) is 12.3. The van der Waals surface area contributed by atoms with E-state index < -0.39 is 18.3 Å². The third-order valence-corrected chi connectivity index (χ3v) is 2.39. The van der Waals surface area contributed by atoms with Gasteiger partial charge in [0.05, 0.1) is 10.7 Å². The third-order valence-electron chi connectivity index (χ3n) is 2.09. The molecule has 0 unspecified atom stereocenters. The topological polar surface area (TPSA) is 40.5 Å². The summed E-state index contributed by atoms with van der Waals surface area (Å²) in [6, 6.07) is 3.62. The Kier molecular flexibility index (Phi) is 4.26. The molecule has 1 aromatic carbocycles. The Hall–Kier alpha value is -1.13. The molecule has 0 aliphatic heterocycles. The lowest BCUT2D eigenvalue weighted by Crippen LogP contribution is -2.39. The highest BCUT2D eigenvalue weighted by atomic mass is 35.5. The number of benzene rings is 1. The van der Waals surface area contributed by atoms with E-state index in [1.54, 1.807) is 13.8 Å². The molecule has 0 bridgehead atoms. The van der Waals surface area contributed by atoms with Crippen LogP contribution in [0.4, 0.5) is 10.1 Å². The van der Waals surface area contributed by atoms with Crippen molar-refractivity contribution in [2.24, 2.45) is 0 Å². The van der Waals surface area contributed by atoms with Gasteiger partial charge in [-0.1, -0.05) is 11.6 Å². The highest BCUT2D eigenvalue weighted by Gasteiger charge is 2.20. The van der Waals surface area contributed by atoms with Crippen LogP contribution in [0.25, 0.3) is 0 Å². The molecule has 1 aromatic rings. The van der Waals surface area contributed by atoms with E-state index in [9.17, 15) is 9.18 Å². The van der Waals surface area contributed by atoms with Gasteiger partial charge in [-0.2, -0.15) is 0 Å². The van der Waals surface area contributed by atoms with Crippen molar-refractivity contribution >= 4 is 23.2 Å². The Balaban J connectivity index is 3.16. The average Bonchev–Trinajstić information content (AvgIpc) is 2.21. The maximum atomic E-state index is 12.9. The van der Waals surface area contributed by atoms with Crippen LogP contribution in [-0.2, 0) is 4.79 Å². The molecular weight excluding hydrogens is 233 g/mol. The number of aliphatic hydroxyl groups excluding tert-OH is 1. The molecule has 5 heteroatoms. The number of hydrogen-bond acceptors (Lipinski definition) is 2. The van der Waals surface area contributed by atoms with Gasteiger partial charge in [-0.05, 0) is 32.0 Å². The molecule has 0 aliphatic carbocycles. The van der Waals surface area contributed by atoms with Crippen LogP contribution >= 0.6 is 11.6 Å². The maximum Gasteiger partial charge on any atom is 0.252 e. The van der Waals surface area contributed by atoms with E-state index in [0.29, 0.717) is 5.69 Å². The first kappa shape index (κ1) is 12.9.